The van der Waals surface area contributed by atoms with E-state index in [-0.39, 0.29) is 15.8 Å². The van der Waals surface area contributed by atoms with Crippen LogP contribution in [0.25, 0.3) is 0 Å². The molecule has 0 saturated carbocycles. The average Bonchev–Trinajstić information content (AvgIpc) is 2.70. The van der Waals surface area contributed by atoms with Crippen molar-refractivity contribution in [1.29, 1.82) is 0 Å². The largest absolute Gasteiger partial charge is 0.397 e. The monoisotopic (exact) mass is 349 g/mol. The van der Waals surface area contributed by atoms with Gasteiger partial charge < -0.3 is 5.73 Å². The molecular formula is C11H6BrCl2NOS. The molecule has 1 aromatic heterocycles. The second kappa shape index (κ2) is 4.98. The number of thiophene rings is 1. The summed E-state index contributed by atoms with van der Waals surface area (Å²) < 4.78 is 0.761. The predicted octanol–water partition coefficient (Wildman–Crippen LogP) is 4.63. The predicted molar refractivity (Wildman–Crippen MR) is 76.3 cm³/mol. The summed E-state index contributed by atoms with van der Waals surface area (Å²) in [5.74, 6) is -0.128. The summed E-state index contributed by atoms with van der Waals surface area (Å²) in [7, 11) is 0. The van der Waals surface area contributed by atoms with Gasteiger partial charge in [-0.15, -0.1) is 11.3 Å². The van der Waals surface area contributed by atoms with Crippen LogP contribution in [0.15, 0.2) is 28.1 Å². The zero-order valence-corrected chi connectivity index (χ0v) is 12.3. The molecule has 88 valence electrons. The molecular weight excluding hydrogens is 345 g/mol. The van der Waals surface area contributed by atoms with Gasteiger partial charge >= 0.3 is 0 Å². The van der Waals surface area contributed by atoms with Crippen molar-refractivity contribution < 1.29 is 4.79 Å². The van der Waals surface area contributed by atoms with Crippen LogP contribution in [0, 0.1) is 0 Å². The summed E-state index contributed by atoms with van der Waals surface area (Å²) in [6.45, 7) is 0. The van der Waals surface area contributed by atoms with Crippen molar-refractivity contribution in [3.05, 3.63) is 48.5 Å². The molecule has 0 radical (unpaired) electrons. The van der Waals surface area contributed by atoms with Gasteiger partial charge in [-0.05, 0) is 39.5 Å². The first kappa shape index (κ1) is 12.9. The number of carbonyl (C=O) groups is 1. The van der Waals surface area contributed by atoms with Crippen molar-refractivity contribution in [3.63, 3.8) is 0 Å². The Labute approximate surface area is 120 Å². The Balaban J connectivity index is 2.49. The van der Waals surface area contributed by atoms with Crippen LogP contribution in [-0.4, -0.2) is 5.78 Å². The van der Waals surface area contributed by atoms with Gasteiger partial charge in [-0.3, -0.25) is 4.79 Å². The molecule has 0 bridgehead atoms. The molecule has 2 N–H and O–H groups in total. The minimum absolute atomic E-state index is 0.128. The molecule has 2 nitrogen and oxygen atoms in total. The first-order valence-corrected chi connectivity index (χ1v) is 6.95. The molecule has 1 heterocycles. The Morgan fingerprint density at radius 3 is 2.59 bits per heavy atom. The van der Waals surface area contributed by atoms with Crippen LogP contribution in [0.5, 0.6) is 0 Å². The summed E-state index contributed by atoms with van der Waals surface area (Å²) in [6.07, 6.45) is 0. The average molecular weight is 351 g/mol. The third kappa shape index (κ3) is 2.50. The number of halogens is 3. The number of nitrogen functional groups attached to an aromatic ring is 1. The summed E-state index contributed by atoms with van der Waals surface area (Å²) in [6, 6.07) is 4.87. The SMILES string of the molecule is Nc1cc(C(=O)c2sccc2Br)cc(Cl)c1Cl. The van der Waals surface area contributed by atoms with E-state index in [1.165, 1.54) is 23.5 Å². The second-order valence-electron chi connectivity index (χ2n) is 3.29. The van der Waals surface area contributed by atoms with Crippen molar-refractivity contribution in [3.8, 4) is 0 Å². The third-order valence-electron chi connectivity index (χ3n) is 2.14. The lowest BCUT2D eigenvalue weighted by Crippen LogP contribution is -2.01. The highest BCUT2D eigenvalue weighted by Crippen LogP contribution is 2.32. The van der Waals surface area contributed by atoms with Gasteiger partial charge in [0.1, 0.15) is 0 Å². The molecule has 0 amide bonds. The van der Waals surface area contributed by atoms with Crippen molar-refractivity contribution >= 4 is 61.9 Å². The first-order chi connectivity index (χ1) is 8.00. The van der Waals surface area contributed by atoms with E-state index in [0.29, 0.717) is 16.1 Å². The molecule has 0 aliphatic carbocycles. The lowest BCUT2D eigenvalue weighted by atomic mass is 10.1. The van der Waals surface area contributed by atoms with Crippen molar-refractivity contribution in [2.75, 3.05) is 5.73 Å². The number of rotatable bonds is 2. The van der Waals surface area contributed by atoms with Gasteiger partial charge in [0, 0.05) is 10.0 Å². The highest BCUT2D eigenvalue weighted by atomic mass is 79.9. The molecule has 6 heteroatoms. The topological polar surface area (TPSA) is 43.1 Å². The summed E-state index contributed by atoms with van der Waals surface area (Å²) in [5, 5.41) is 2.38. The van der Waals surface area contributed by atoms with Crippen LogP contribution in [0.4, 0.5) is 5.69 Å². The quantitative estimate of drug-likeness (QED) is 0.633. The molecule has 17 heavy (non-hydrogen) atoms. The molecule has 0 fully saturated rings. The second-order valence-corrected chi connectivity index (χ2v) is 5.84. The lowest BCUT2D eigenvalue weighted by Gasteiger charge is -2.05. The molecule has 0 saturated heterocycles. The van der Waals surface area contributed by atoms with Crippen molar-refractivity contribution in [1.82, 2.24) is 0 Å². The fraction of sp³-hybridized carbons (Fsp3) is 0. The van der Waals surface area contributed by atoms with Crippen molar-refractivity contribution in [2.45, 2.75) is 0 Å². The lowest BCUT2D eigenvalue weighted by molar-refractivity contribution is 0.104. The number of hydrogen-bond acceptors (Lipinski definition) is 3. The third-order valence-corrected chi connectivity index (χ3v) is 4.80. The summed E-state index contributed by atoms with van der Waals surface area (Å²) in [5.41, 5.74) is 6.41. The Morgan fingerprint density at radius 1 is 1.35 bits per heavy atom. The smallest absolute Gasteiger partial charge is 0.204 e. The van der Waals surface area contributed by atoms with Crippen molar-refractivity contribution in [2.24, 2.45) is 0 Å². The fourth-order valence-electron chi connectivity index (χ4n) is 1.33. The van der Waals surface area contributed by atoms with E-state index in [1.54, 1.807) is 0 Å². The van der Waals surface area contributed by atoms with Crippen LogP contribution >= 0.6 is 50.5 Å². The maximum Gasteiger partial charge on any atom is 0.204 e. The maximum absolute atomic E-state index is 12.2. The first-order valence-electron chi connectivity index (χ1n) is 4.53. The van der Waals surface area contributed by atoms with Gasteiger partial charge in [-0.1, -0.05) is 23.2 Å². The van der Waals surface area contributed by atoms with E-state index in [1.807, 2.05) is 11.4 Å². The Morgan fingerprint density at radius 2 is 2.06 bits per heavy atom. The molecule has 0 unspecified atom stereocenters. The molecule has 2 rings (SSSR count). The van der Waals surface area contributed by atoms with E-state index in [0.717, 1.165) is 4.47 Å². The van der Waals surface area contributed by atoms with Gasteiger partial charge in [-0.2, -0.15) is 0 Å². The number of hydrogen-bond donors (Lipinski definition) is 1. The fourth-order valence-corrected chi connectivity index (χ4v) is 3.18. The molecule has 2 aromatic rings. The normalized spacial score (nSPS) is 10.5. The van der Waals surface area contributed by atoms with Crippen LogP contribution in [0.3, 0.4) is 0 Å². The van der Waals surface area contributed by atoms with E-state index in [9.17, 15) is 4.79 Å². The van der Waals surface area contributed by atoms with E-state index in [4.69, 9.17) is 28.9 Å². The van der Waals surface area contributed by atoms with Crippen LogP contribution < -0.4 is 5.73 Å². The zero-order chi connectivity index (χ0) is 12.6. The molecule has 0 atom stereocenters. The van der Waals surface area contributed by atoms with E-state index < -0.39 is 0 Å². The summed E-state index contributed by atoms with van der Waals surface area (Å²) >= 11 is 16.4. The number of benzene rings is 1. The number of carbonyl (C=O) groups excluding carboxylic acids is 1. The van der Waals surface area contributed by atoms with Gasteiger partial charge in [0.15, 0.2) is 0 Å². The van der Waals surface area contributed by atoms with Crippen LogP contribution in [-0.2, 0) is 0 Å². The molecule has 1 aromatic carbocycles. The number of anilines is 1. The zero-order valence-electron chi connectivity index (χ0n) is 8.34. The highest BCUT2D eigenvalue weighted by molar-refractivity contribution is 9.10. The van der Waals surface area contributed by atoms with Crippen LogP contribution in [0.1, 0.15) is 15.2 Å². The van der Waals surface area contributed by atoms with Crippen LogP contribution in [0.2, 0.25) is 10.0 Å². The van der Waals surface area contributed by atoms with Gasteiger partial charge in [0.05, 0.1) is 20.6 Å². The molecule has 0 aliphatic heterocycles. The summed E-state index contributed by atoms with van der Waals surface area (Å²) in [4.78, 5) is 12.8. The van der Waals surface area contributed by atoms with E-state index in [2.05, 4.69) is 15.9 Å². The molecule has 0 aliphatic rings. The maximum atomic E-state index is 12.2. The minimum Gasteiger partial charge on any atom is -0.397 e. The number of ketones is 1. The Bertz CT molecular complexity index is 574. The van der Waals surface area contributed by atoms with Gasteiger partial charge in [-0.25, -0.2) is 0 Å². The number of nitrogens with two attached hydrogens (primary N) is 1. The highest BCUT2D eigenvalue weighted by Gasteiger charge is 2.16. The van der Waals surface area contributed by atoms with Gasteiger partial charge in [0.25, 0.3) is 0 Å². The molecule has 0 spiro atoms. The van der Waals surface area contributed by atoms with Gasteiger partial charge in [0.2, 0.25) is 5.78 Å². The standard InChI is InChI=1S/C11H6BrCl2NOS/c12-6-1-2-17-11(6)10(16)5-3-7(13)9(14)8(15)4-5/h1-4H,15H2. The Hall–Kier alpha value is -0.550. The minimum atomic E-state index is -0.128. The van der Waals surface area contributed by atoms with E-state index >= 15 is 0 Å². The Kier molecular flexibility index (Phi) is 3.78.